The predicted octanol–water partition coefficient (Wildman–Crippen LogP) is 5.63. The Labute approximate surface area is 316 Å². The van der Waals surface area contributed by atoms with E-state index >= 15 is 0 Å². The van der Waals surface area contributed by atoms with Crippen molar-refractivity contribution in [3.8, 4) is 0 Å². The number of aromatic amines is 2. The molecule has 5 N–H and O–H groups in total. The summed E-state index contributed by atoms with van der Waals surface area (Å²) >= 11 is 0. The number of likely N-dealkylation sites (tertiary alicyclic amines) is 1. The van der Waals surface area contributed by atoms with Gasteiger partial charge in [0.1, 0.15) is 23.7 Å². The summed E-state index contributed by atoms with van der Waals surface area (Å²) in [5, 5.41) is 8.51. The number of nitrogens with one attached hydrogen (secondary N) is 5. The molecular weight excluding hydrogens is 692 g/mol. The molecule has 6 rings (SSSR count). The summed E-state index contributed by atoms with van der Waals surface area (Å²) in [6, 6.07) is 4.53. The van der Waals surface area contributed by atoms with Gasteiger partial charge in [-0.3, -0.25) is 9.59 Å². The molecule has 3 aromatic rings. The Morgan fingerprint density at radius 1 is 0.889 bits per heavy atom. The van der Waals surface area contributed by atoms with Crippen molar-refractivity contribution in [2.75, 3.05) is 34.0 Å². The van der Waals surface area contributed by atoms with Gasteiger partial charge in [-0.25, -0.2) is 19.6 Å². The highest BCUT2D eigenvalue weighted by molar-refractivity contribution is 5.87. The predicted molar refractivity (Wildman–Crippen MR) is 201 cm³/mol. The molecular formula is C39H56N8O7. The van der Waals surface area contributed by atoms with Crippen LogP contribution in [0.3, 0.4) is 0 Å². The number of rotatable bonds is 8. The van der Waals surface area contributed by atoms with Crippen LogP contribution in [0.15, 0.2) is 24.4 Å². The van der Waals surface area contributed by atoms with Gasteiger partial charge in [0, 0.05) is 37.6 Å². The van der Waals surface area contributed by atoms with Gasteiger partial charge in [0.25, 0.3) is 0 Å². The number of hydrogen-bond donors (Lipinski definition) is 5. The quantitative estimate of drug-likeness (QED) is 0.194. The van der Waals surface area contributed by atoms with Gasteiger partial charge in [-0.2, -0.15) is 0 Å². The van der Waals surface area contributed by atoms with Crippen molar-refractivity contribution in [3.63, 3.8) is 0 Å². The van der Waals surface area contributed by atoms with Gasteiger partial charge < -0.3 is 45.0 Å². The van der Waals surface area contributed by atoms with Gasteiger partial charge in [0.2, 0.25) is 11.8 Å². The summed E-state index contributed by atoms with van der Waals surface area (Å²) < 4.78 is 15.4. The summed E-state index contributed by atoms with van der Waals surface area (Å²) in [7, 11) is 2.59. The first-order valence-corrected chi connectivity index (χ1v) is 19.6. The van der Waals surface area contributed by atoms with E-state index in [0.29, 0.717) is 50.3 Å². The Morgan fingerprint density at radius 2 is 1.67 bits per heavy atom. The van der Waals surface area contributed by atoms with E-state index in [4.69, 9.17) is 24.2 Å². The van der Waals surface area contributed by atoms with E-state index in [-0.39, 0.29) is 29.8 Å². The topological polar surface area (TPSA) is 193 Å². The summed E-state index contributed by atoms with van der Waals surface area (Å²) in [5.74, 6) is 1.72. The number of carbonyl (C=O) groups excluding carboxylic acids is 4. The third kappa shape index (κ3) is 9.34. The van der Waals surface area contributed by atoms with Crippen molar-refractivity contribution in [2.24, 2.45) is 5.92 Å². The molecule has 4 atom stereocenters. The average Bonchev–Trinajstić information content (AvgIpc) is 3.96. The standard InChI is InChI=1S/C39H56N8O7/c1-23(2)33(46-39(51)53-4)37(49)47-18-8-10-32(47)35-41-27-16-15-26(21-30(27)42-35)24-11-13-25(14-12-24)31-22-40-34(43-31)28-17-20-54-19-7-5-6-9-29(36(48)44-28)45-38(50)52-3/h15-16,21-25,28-29,32-33H,5-14,17-20H2,1-4H3,(H,40,43)(H,41,42)(H,44,48)(H,45,50)(H,46,51)/t24?,25?,28-,29-,32-,33-/m0/s1. The highest BCUT2D eigenvalue weighted by atomic mass is 16.5. The Kier molecular flexibility index (Phi) is 13.1. The van der Waals surface area contributed by atoms with E-state index in [9.17, 15) is 19.2 Å². The summed E-state index contributed by atoms with van der Waals surface area (Å²) in [5.41, 5.74) is 4.17. The Balaban J connectivity index is 1.08. The number of H-pyrrole nitrogens is 2. The molecule has 1 saturated carbocycles. The molecule has 2 aromatic heterocycles. The van der Waals surface area contributed by atoms with Gasteiger partial charge >= 0.3 is 12.2 Å². The smallest absolute Gasteiger partial charge is 0.407 e. The zero-order chi connectivity index (χ0) is 38.2. The highest BCUT2D eigenvalue weighted by Crippen LogP contribution is 2.41. The third-order valence-electron chi connectivity index (χ3n) is 11.3. The normalized spacial score (nSPS) is 24.9. The van der Waals surface area contributed by atoms with Crippen LogP contribution >= 0.6 is 0 Å². The third-order valence-corrected chi connectivity index (χ3v) is 11.3. The number of carbonyl (C=O) groups is 4. The van der Waals surface area contributed by atoms with E-state index in [0.717, 1.165) is 80.3 Å². The number of ether oxygens (including phenoxy) is 3. The van der Waals surface area contributed by atoms with Gasteiger partial charge in [-0.1, -0.05) is 32.8 Å². The number of nitrogens with zero attached hydrogens (tertiary/aromatic N) is 3. The molecule has 0 bridgehead atoms. The number of benzene rings is 1. The maximum atomic E-state index is 13.6. The first-order valence-electron chi connectivity index (χ1n) is 19.6. The van der Waals surface area contributed by atoms with Gasteiger partial charge in [0.15, 0.2) is 0 Å². The van der Waals surface area contributed by atoms with Crippen molar-refractivity contribution in [2.45, 2.75) is 120 Å². The lowest BCUT2D eigenvalue weighted by atomic mass is 9.77. The monoisotopic (exact) mass is 748 g/mol. The fourth-order valence-corrected chi connectivity index (χ4v) is 8.18. The van der Waals surface area contributed by atoms with Gasteiger partial charge in [0.05, 0.1) is 37.3 Å². The molecule has 2 saturated heterocycles. The van der Waals surface area contributed by atoms with Crippen molar-refractivity contribution in [1.82, 2.24) is 40.8 Å². The van der Waals surface area contributed by atoms with Crippen LogP contribution in [0.2, 0.25) is 0 Å². The first kappa shape index (κ1) is 39.0. The molecule has 294 valence electrons. The number of alkyl carbamates (subject to hydrolysis) is 2. The first-order chi connectivity index (χ1) is 26.1. The van der Waals surface area contributed by atoms with Gasteiger partial charge in [-0.15, -0.1) is 0 Å². The van der Waals surface area contributed by atoms with E-state index < -0.39 is 24.3 Å². The number of aromatic nitrogens is 4. The number of methoxy groups -OCH3 is 2. The number of amides is 4. The van der Waals surface area contributed by atoms with Crippen molar-refractivity contribution >= 4 is 35.0 Å². The number of hydrogen-bond acceptors (Lipinski definition) is 9. The maximum Gasteiger partial charge on any atom is 0.407 e. The van der Waals surface area contributed by atoms with E-state index in [1.165, 1.54) is 19.8 Å². The summed E-state index contributed by atoms with van der Waals surface area (Å²) in [6.45, 7) is 5.59. The molecule has 1 aromatic carbocycles. The second-order valence-corrected chi connectivity index (χ2v) is 15.2. The maximum absolute atomic E-state index is 13.6. The molecule has 2 aliphatic heterocycles. The molecule has 54 heavy (non-hydrogen) atoms. The molecule has 15 heteroatoms. The largest absolute Gasteiger partial charge is 0.453 e. The molecule has 4 heterocycles. The minimum absolute atomic E-state index is 0.0969. The zero-order valence-electron chi connectivity index (χ0n) is 31.9. The van der Waals surface area contributed by atoms with Crippen LogP contribution in [0.1, 0.15) is 131 Å². The Bertz CT molecular complexity index is 1750. The SMILES string of the molecule is COC(=O)N[C@H]1CCCCCOCC[C@@H](c2ncc(C3CCC(c4ccc5nc([C@@H]6CCCN6C(=O)[C@@H](NC(=O)OC)C(C)C)[nH]c5c4)CC3)[nH]2)NC1=O. The molecule has 3 fully saturated rings. The van der Waals surface area contributed by atoms with Crippen LogP contribution < -0.4 is 16.0 Å². The van der Waals surface area contributed by atoms with Crippen molar-refractivity contribution in [3.05, 3.63) is 47.3 Å². The van der Waals surface area contributed by atoms with Crippen LogP contribution in [-0.4, -0.2) is 94.9 Å². The Morgan fingerprint density at radius 3 is 2.43 bits per heavy atom. The fourth-order valence-electron chi connectivity index (χ4n) is 8.18. The van der Waals surface area contributed by atoms with Crippen molar-refractivity contribution < 1.29 is 33.4 Å². The average molecular weight is 749 g/mol. The lowest BCUT2D eigenvalue weighted by Gasteiger charge is -2.29. The summed E-state index contributed by atoms with van der Waals surface area (Å²) in [6.07, 6.45) is 10.1. The fraction of sp³-hybridized carbons (Fsp3) is 0.641. The minimum Gasteiger partial charge on any atom is -0.453 e. The molecule has 15 nitrogen and oxygen atoms in total. The van der Waals surface area contributed by atoms with Crippen LogP contribution in [0.5, 0.6) is 0 Å². The lowest BCUT2D eigenvalue weighted by Crippen LogP contribution is -2.51. The van der Waals surface area contributed by atoms with E-state index in [2.05, 4.69) is 44.1 Å². The van der Waals surface area contributed by atoms with Crippen LogP contribution in [0.25, 0.3) is 11.0 Å². The van der Waals surface area contributed by atoms with Crippen LogP contribution in [0.4, 0.5) is 9.59 Å². The lowest BCUT2D eigenvalue weighted by molar-refractivity contribution is -0.135. The molecule has 0 spiro atoms. The second-order valence-electron chi connectivity index (χ2n) is 15.2. The minimum atomic E-state index is -0.682. The number of fused-ring (bicyclic) bond motifs is 1. The molecule has 1 aliphatic carbocycles. The molecule has 0 unspecified atom stereocenters. The van der Waals surface area contributed by atoms with E-state index in [1.54, 1.807) is 0 Å². The molecule has 0 radical (unpaired) electrons. The second kappa shape index (κ2) is 18.1. The van der Waals surface area contributed by atoms with Crippen LogP contribution in [-0.2, 0) is 23.8 Å². The summed E-state index contributed by atoms with van der Waals surface area (Å²) in [4.78, 5) is 69.4. The highest BCUT2D eigenvalue weighted by Gasteiger charge is 2.38. The van der Waals surface area contributed by atoms with Crippen LogP contribution in [0, 0.1) is 5.92 Å². The molecule has 3 aliphatic rings. The molecule has 4 amide bonds. The Hall–Kier alpha value is -4.66. The number of imidazole rings is 2. The van der Waals surface area contributed by atoms with Gasteiger partial charge in [-0.05, 0) is 87.3 Å². The van der Waals surface area contributed by atoms with E-state index in [1.807, 2.05) is 24.9 Å². The zero-order valence-corrected chi connectivity index (χ0v) is 31.9. The van der Waals surface area contributed by atoms with Crippen molar-refractivity contribution in [1.29, 1.82) is 0 Å².